The minimum absolute atomic E-state index is 0.0240. The highest BCUT2D eigenvalue weighted by Crippen LogP contribution is 2.45. The third kappa shape index (κ3) is 2.53. The van der Waals surface area contributed by atoms with Crippen LogP contribution in [0.5, 0.6) is 0 Å². The fraction of sp³-hybridized carbons (Fsp3) is 0.385. The zero-order valence-electron chi connectivity index (χ0n) is 11.2. The molecule has 0 saturated carbocycles. The smallest absolute Gasteiger partial charge is 0.243 e. The van der Waals surface area contributed by atoms with Gasteiger partial charge in [-0.05, 0) is 32.0 Å². The summed E-state index contributed by atoms with van der Waals surface area (Å²) in [5.41, 5.74) is 7.17. The van der Waals surface area contributed by atoms with E-state index >= 15 is 0 Å². The number of nitrogens with two attached hydrogens (primary N) is 1. The zero-order chi connectivity index (χ0) is 14.2. The first-order valence-corrected chi connectivity index (χ1v) is 6.78. The first-order valence-electron chi connectivity index (χ1n) is 5.96. The first kappa shape index (κ1) is 13.7. The predicted molar refractivity (Wildman–Crippen MR) is 77.2 cm³/mol. The zero-order valence-corrected chi connectivity index (χ0v) is 12.0. The number of hydrogen-bond acceptors (Lipinski definition) is 4. The number of benzene rings is 1. The van der Waals surface area contributed by atoms with Crippen molar-refractivity contribution in [1.82, 2.24) is 5.32 Å². The number of amides is 2. The van der Waals surface area contributed by atoms with Gasteiger partial charge >= 0.3 is 0 Å². The molecule has 0 saturated heterocycles. The van der Waals surface area contributed by atoms with Crippen molar-refractivity contribution in [3.63, 3.8) is 0 Å². The molecule has 0 aromatic heterocycles. The molecule has 5 nitrogen and oxygen atoms in total. The number of nitrogen functional groups attached to an aromatic ring is 1. The van der Waals surface area contributed by atoms with Gasteiger partial charge in [-0.2, -0.15) is 0 Å². The minimum atomic E-state index is -0.602. The quantitative estimate of drug-likeness (QED) is 0.799. The van der Waals surface area contributed by atoms with Crippen LogP contribution in [-0.2, 0) is 9.59 Å². The summed E-state index contributed by atoms with van der Waals surface area (Å²) >= 11 is 1.47. The summed E-state index contributed by atoms with van der Waals surface area (Å²) < 4.78 is -0.602. The Bertz CT molecular complexity index is 543. The summed E-state index contributed by atoms with van der Waals surface area (Å²) in [6, 6.07) is 5.36. The normalized spacial score (nSPS) is 17.0. The number of hydrogen-bond donors (Lipinski definition) is 2. The number of carbonyl (C=O) groups is 2. The lowest BCUT2D eigenvalue weighted by atomic mass is 10.1. The molecule has 2 amide bonds. The largest absolute Gasteiger partial charge is 0.399 e. The van der Waals surface area contributed by atoms with E-state index in [0.29, 0.717) is 5.69 Å². The van der Waals surface area contributed by atoms with Crippen molar-refractivity contribution in [3.05, 3.63) is 18.2 Å². The third-order valence-corrected chi connectivity index (χ3v) is 4.21. The minimum Gasteiger partial charge on any atom is -0.399 e. The SMILES string of the molecule is CNC(=O)CN1C(=O)C(C)(C)Sc2cc(N)ccc21. The van der Waals surface area contributed by atoms with E-state index in [1.54, 1.807) is 19.2 Å². The molecule has 0 atom stereocenters. The first-order chi connectivity index (χ1) is 8.85. The molecule has 0 spiro atoms. The fourth-order valence-corrected chi connectivity index (χ4v) is 3.19. The van der Waals surface area contributed by atoms with E-state index in [1.165, 1.54) is 16.7 Å². The Hall–Kier alpha value is -1.69. The number of rotatable bonds is 2. The van der Waals surface area contributed by atoms with Crippen LogP contribution in [0.25, 0.3) is 0 Å². The molecule has 3 N–H and O–H groups in total. The van der Waals surface area contributed by atoms with Crippen LogP contribution in [0, 0.1) is 0 Å². The molecule has 19 heavy (non-hydrogen) atoms. The molecule has 0 bridgehead atoms. The summed E-state index contributed by atoms with van der Waals surface area (Å²) in [4.78, 5) is 26.5. The van der Waals surface area contributed by atoms with Crippen molar-refractivity contribution in [2.75, 3.05) is 24.2 Å². The molecule has 1 aromatic rings. The summed E-state index contributed by atoms with van der Waals surface area (Å²) in [6.07, 6.45) is 0. The van der Waals surface area contributed by atoms with Gasteiger partial charge in [0, 0.05) is 17.6 Å². The van der Waals surface area contributed by atoms with Gasteiger partial charge in [0.05, 0.1) is 10.4 Å². The summed E-state index contributed by atoms with van der Waals surface area (Å²) in [5, 5.41) is 2.54. The molecule has 102 valence electrons. The van der Waals surface area contributed by atoms with Gasteiger partial charge in [-0.3, -0.25) is 9.59 Å². The Labute approximate surface area is 116 Å². The number of thioether (sulfide) groups is 1. The van der Waals surface area contributed by atoms with Crippen molar-refractivity contribution < 1.29 is 9.59 Å². The molecule has 0 unspecified atom stereocenters. The third-order valence-electron chi connectivity index (χ3n) is 2.98. The van der Waals surface area contributed by atoms with Crippen molar-refractivity contribution in [2.45, 2.75) is 23.5 Å². The van der Waals surface area contributed by atoms with Crippen LogP contribution in [0.3, 0.4) is 0 Å². The maximum absolute atomic E-state index is 12.4. The Morgan fingerprint density at radius 1 is 1.47 bits per heavy atom. The van der Waals surface area contributed by atoms with Crippen LogP contribution < -0.4 is 16.0 Å². The monoisotopic (exact) mass is 279 g/mol. The van der Waals surface area contributed by atoms with E-state index in [9.17, 15) is 9.59 Å². The second-order valence-electron chi connectivity index (χ2n) is 4.90. The number of nitrogens with one attached hydrogen (secondary N) is 1. The molecule has 0 fully saturated rings. The van der Waals surface area contributed by atoms with Gasteiger partial charge in [0.2, 0.25) is 11.8 Å². The topological polar surface area (TPSA) is 75.4 Å². The Balaban J connectivity index is 2.46. The lowest BCUT2D eigenvalue weighted by Crippen LogP contribution is -2.50. The maximum atomic E-state index is 12.4. The number of fused-ring (bicyclic) bond motifs is 1. The highest BCUT2D eigenvalue weighted by atomic mass is 32.2. The summed E-state index contributed by atoms with van der Waals surface area (Å²) in [5.74, 6) is -0.266. The van der Waals surface area contributed by atoms with Crippen LogP contribution in [0.15, 0.2) is 23.1 Å². The van der Waals surface area contributed by atoms with Crippen LogP contribution >= 0.6 is 11.8 Å². The molecule has 1 heterocycles. The van der Waals surface area contributed by atoms with E-state index < -0.39 is 4.75 Å². The number of carbonyl (C=O) groups excluding carboxylic acids is 2. The second kappa shape index (κ2) is 4.77. The average molecular weight is 279 g/mol. The van der Waals surface area contributed by atoms with Crippen LogP contribution in [0.1, 0.15) is 13.8 Å². The van der Waals surface area contributed by atoms with Gasteiger partial charge < -0.3 is 16.0 Å². The molecule has 2 rings (SSSR count). The average Bonchev–Trinajstić information content (AvgIpc) is 2.34. The van der Waals surface area contributed by atoms with Gasteiger partial charge in [0.25, 0.3) is 0 Å². The lowest BCUT2D eigenvalue weighted by molar-refractivity contribution is -0.124. The number of nitrogens with zero attached hydrogens (tertiary/aromatic N) is 1. The van der Waals surface area contributed by atoms with E-state index in [-0.39, 0.29) is 18.4 Å². The van der Waals surface area contributed by atoms with Crippen molar-refractivity contribution in [1.29, 1.82) is 0 Å². The van der Waals surface area contributed by atoms with E-state index in [0.717, 1.165) is 10.6 Å². The molecule has 0 radical (unpaired) electrons. The standard InChI is InChI=1S/C13H17N3O2S/c1-13(2)12(18)16(7-11(17)15-3)9-5-4-8(14)6-10(9)19-13/h4-6H,7,14H2,1-3H3,(H,15,17). The Kier molecular flexibility index (Phi) is 3.45. The Morgan fingerprint density at radius 3 is 2.79 bits per heavy atom. The molecule has 1 aliphatic rings. The molecular formula is C13H17N3O2S. The highest BCUT2D eigenvalue weighted by Gasteiger charge is 2.40. The molecule has 1 aliphatic heterocycles. The second-order valence-corrected chi connectivity index (χ2v) is 6.57. The van der Waals surface area contributed by atoms with Gasteiger partial charge in [-0.15, -0.1) is 11.8 Å². The van der Waals surface area contributed by atoms with Crippen LogP contribution in [0.2, 0.25) is 0 Å². The number of likely N-dealkylation sites (N-methyl/N-ethyl adjacent to an activating group) is 1. The molecule has 1 aromatic carbocycles. The fourth-order valence-electron chi connectivity index (χ4n) is 1.97. The van der Waals surface area contributed by atoms with Gasteiger partial charge in [0.1, 0.15) is 6.54 Å². The van der Waals surface area contributed by atoms with Crippen molar-refractivity contribution >= 4 is 35.0 Å². The number of anilines is 2. The van der Waals surface area contributed by atoms with Crippen LogP contribution in [-0.4, -0.2) is 30.2 Å². The molecule has 0 aliphatic carbocycles. The molecule has 6 heteroatoms. The van der Waals surface area contributed by atoms with E-state index in [4.69, 9.17) is 5.73 Å². The van der Waals surface area contributed by atoms with E-state index in [2.05, 4.69) is 5.32 Å². The summed E-state index contributed by atoms with van der Waals surface area (Å²) in [7, 11) is 1.56. The van der Waals surface area contributed by atoms with Gasteiger partial charge in [-0.1, -0.05) is 0 Å². The summed E-state index contributed by atoms with van der Waals surface area (Å²) in [6.45, 7) is 3.72. The van der Waals surface area contributed by atoms with E-state index in [1.807, 2.05) is 19.9 Å². The maximum Gasteiger partial charge on any atom is 0.243 e. The molecular weight excluding hydrogens is 262 g/mol. The van der Waals surface area contributed by atoms with Crippen molar-refractivity contribution in [2.24, 2.45) is 0 Å². The lowest BCUT2D eigenvalue weighted by Gasteiger charge is -2.37. The van der Waals surface area contributed by atoms with Crippen LogP contribution in [0.4, 0.5) is 11.4 Å². The van der Waals surface area contributed by atoms with Gasteiger partial charge in [-0.25, -0.2) is 0 Å². The Morgan fingerprint density at radius 2 is 2.16 bits per heavy atom. The van der Waals surface area contributed by atoms with Gasteiger partial charge in [0.15, 0.2) is 0 Å². The van der Waals surface area contributed by atoms with Crippen molar-refractivity contribution in [3.8, 4) is 0 Å². The highest BCUT2D eigenvalue weighted by molar-refractivity contribution is 8.01. The predicted octanol–water partition coefficient (Wildman–Crippen LogP) is 1.23.